The van der Waals surface area contributed by atoms with E-state index in [4.69, 9.17) is 14.2 Å². The summed E-state index contributed by atoms with van der Waals surface area (Å²) < 4.78 is 15.9. The van der Waals surface area contributed by atoms with Crippen LogP contribution in [0.2, 0.25) is 0 Å². The van der Waals surface area contributed by atoms with Crippen molar-refractivity contribution in [3.05, 3.63) is 11.9 Å². The van der Waals surface area contributed by atoms with Gasteiger partial charge in [0.25, 0.3) is 0 Å². The van der Waals surface area contributed by atoms with Crippen LogP contribution in [0.1, 0.15) is 5.82 Å². The molecule has 1 aliphatic heterocycles. The van der Waals surface area contributed by atoms with Gasteiger partial charge in [-0.25, -0.2) is 4.98 Å². The largest absolute Gasteiger partial charge is 0.481 e. The first kappa shape index (κ1) is 12.1. The van der Waals surface area contributed by atoms with Gasteiger partial charge in [0.1, 0.15) is 11.6 Å². The molecule has 6 nitrogen and oxygen atoms in total. The lowest BCUT2D eigenvalue weighted by Crippen LogP contribution is -2.34. The van der Waals surface area contributed by atoms with Gasteiger partial charge in [0.2, 0.25) is 5.88 Å². The van der Waals surface area contributed by atoms with E-state index in [9.17, 15) is 0 Å². The van der Waals surface area contributed by atoms with Gasteiger partial charge in [0, 0.05) is 12.6 Å². The van der Waals surface area contributed by atoms with Gasteiger partial charge in [-0.1, -0.05) is 0 Å². The third-order valence-corrected chi connectivity index (χ3v) is 2.42. The highest BCUT2D eigenvalue weighted by atomic mass is 16.6. The number of nitrogens with one attached hydrogen (secondary N) is 1. The molecule has 1 aliphatic rings. The molecule has 1 saturated heterocycles. The quantitative estimate of drug-likeness (QED) is 0.831. The number of hydrogen-bond acceptors (Lipinski definition) is 6. The molecule has 0 amide bonds. The fourth-order valence-corrected chi connectivity index (χ4v) is 1.61. The van der Waals surface area contributed by atoms with Crippen LogP contribution in [0, 0.1) is 6.92 Å². The molecule has 0 aromatic carbocycles. The average Bonchev–Trinajstić information content (AvgIpc) is 2.37. The summed E-state index contributed by atoms with van der Waals surface area (Å²) in [6.45, 7) is 4.44. The Kier molecular flexibility index (Phi) is 4.11. The Morgan fingerprint density at radius 3 is 3.06 bits per heavy atom. The zero-order valence-electron chi connectivity index (χ0n) is 10.1. The van der Waals surface area contributed by atoms with Gasteiger partial charge in [0.05, 0.1) is 33.0 Å². The van der Waals surface area contributed by atoms with Crippen molar-refractivity contribution in [3.8, 4) is 5.88 Å². The van der Waals surface area contributed by atoms with Gasteiger partial charge in [0.15, 0.2) is 0 Å². The van der Waals surface area contributed by atoms with Gasteiger partial charge in [-0.2, -0.15) is 4.98 Å². The Balaban J connectivity index is 1.91. The Bertz CT molecular complexity index is 367. The van der Waals surface area contributed by atoms with Crippen molar-refractivity contribution in [3.63, 3.8) is 0 Å². The topological polar surface area (TPSA) is 65.5 Å². The van der Waals surface area contributed by atoms with Crippen molar-refractivity contribution < 1.29 is 14.2 Å². The number of hydrogen-bond donors (Lipinski definition) is 1. The van der Waals surface area contributed by atoms with Crippen LogP contribution in [0.4, 0.5) is 5.82 Å². The fourth-order valence-electron chi connectivity index (χ4n) is 1.61. The van der Waals surface area contributed by atoms with E-state index in [0.29, 0.717) is 38.1 Å². The molecular formula is C11H17N3O3. The number of nitrogens with zero attached hydrogens (tertiary/aromatic N) is 2. The van der Waals surface area contributed by atoms with Crippen molar-refractivity contribution in [2.24, 2.45) is 0 Å². The SMILES string of the molecule is COc1cc(NCC2COCCO2)nc(C)n1. The van der Waals surface area contributed by atoms with E-state index in [1.54, 1.807) is 13.2 Å². The summed E-state index contributed by atoms with van der Waals surface area (Å²) in [7, 11) is 1.59. The van der Waals surface area contributed by atoms with Crippen LogP contribution < -0.4 is 10.1 Å². The van der Waals surface area contributed by atoms with E-state index in [1.807, 2.05) is 6.92 Å². The summed E-state index contributed by atoms with van der Waals surface area (Å²) in [5.74, 6) is 1.97. The van der Waals surface area contributed by atoms with Gasteiger partial charge in [-0.3, -0.25) is 0 Å². The molecule has 1 fully saturated rings. The zero-order valence-corrected chi connectivity index (χ0v) is 10.1. The van der Waals surface area contributed by atoms with E-state index in [0.717, 1.165) is 5.82 Å². The molecule has 2 rings (SSSR count). The maximum atomic E-state index is 5.52. The summed E-state index contributed by atoms with van der Waals surface area (Å²) in [6, 6.07) is 1.76. The van der Waals surface area contributed by atoms with Crippen LogP contribution in [-0.2, 0) is 9.47 Å². The van der Waals surface area contributed by atoms with Crippen molar-refractivity contribution in [2.45, 2.75) is 13.0 Å². The van der Waals surface area contributed by atoms with E-state index in [1.165, 1.54) is 0 Å². The summed E-state index contributed by atoms with van der Waals surface area (Å²) in [5.41, 5.74) is 0. The summed E-state index contributed by atoms with van der Waals surface area (Å²) in [5, 5.41) is 3.19. The second kappa shape index (κ2) is 5.79. The van der Waals surface area contributed by atoms with Gasteiger partial charge < -0.3 is 19.5 Å². The molecule has 0 aliphatic carbocycles. The Morgan fingerprint density at radius 2 is 2.35 bits per heavy atom. The normalized spacial score (nSPS) is 20.0. The second-order valence-corrected chi connectivity index (χ2v) is 3.79. The number of rotatable bonds is 4. The number of anilines is 1. The molecule has 0 radical (unpaired) electrons. The maximum absolute atomic E-state index is 5.52. The monoisotopic (exact) mass is 239 g/mol. The third kappa shape index (κ3) is 3.54. The van der Waals surface area contributed by atoms with Gasteiger partial charge >= 0.3 is 0 Å². The molecular weight excluding hydrogens is 222 g/mol. The minimum absolute atomic E-state index is 0.0741. The van der Waals surface area contributed by atoms with E-state index >= 15 is 0 Å². The molecule has 6 heteroatoms. The van der Waals surface area contributed by atoms with Crippen molar-refractivity contribution >= 4 is 5.82 Å². The highest BCUT2D eigenvalue weighted by molar-refractivity contribution is 5.38. The third-order valence-electron chi connectivity index (χ3n) is 2.42. The van der Waals surface area contributed by atoms with Gasteiger partial charge in [-0.15, -0.1) is 0 Å². The molecule has 0 spiro atoms. The molecule has 1 atom stereocenters. The van der Waals surface area contributed by atoms with Crippen molar-refractivity contribution in [2.75, 3.05) is 38.8 Å². The van der Waals surface area contributed by atoms with Crippen LogP contribution >= 0.6 is 0 Å². The molecule has 1 unspecified atom stereocenters. The van der Waals surface area contributed by atoms with Crippen LogP contribution in [0.3, 0.4) is 0 Å². The molecule has 1 N–H and O–H groups in total. The highest BCUT2D eigenvalue weighted by Gasteiger charge is 2.14. The molecule has 1 aromatic heterocycles. The van der Waals surface area contributed by atoms with Crippen LogP contribution in [0.25, 0.3) is 0 Å². The van der Waals surface area contributed by atoms with E-state index in [-0.39, 0.29) is 6.10 Å². The minimum Gasteiger partial charge on any atom is -0.481 e. The van der Waals surface area contributed by atoms with Crippen LogP contribution in [0.5, 0.6) is 5.88 Å². The Hall–Kier alpha value is -1.40. The molecule has 0 saturated carbocycles. The first-order valence-corrected chi connectivity index (χ1v) is 5.61. The smallest absolute Gasteiger partial charge is 0.218 e. The Labute approximate surface area is 100 Å². The van der Waals surface area contributed by atoms with Crippen LogP contribution in [-0.4, -0.2) is 49.5 Å². The first-order chi connectivity index (χ1) is 8.28. The molecule has 2 heterocycles. The number of methoxy groups -OCH3 is 1. The lowest BCUT2D eigenvalue weighted by Gasteiger charge is -2.23. The predicted molar refractivity (Wildman–Crippen MR) is 62.4 cm³/mol. The fraction of sp³-hybridized carbons (Fsp3) is 0.636. The first-order valence-electron chi connectivity index (χ1n) is 5.61. The number of aromatic nitrogens is 2. The van der Waals surface area contributed by atoms with E-state index in [2.05, 4.69) is 15.3 Å². The standard InChI is InChI=1S/C11H17N3O3/c1-8-13-10(5-11(14-8)15-2)12-6-9-7-16-3-4-17-9/h5,9H,3-4,6-7H2,1-2H3,(H,12,13,14). The maximum Gasteiger partial charge on any atom is 0.218 e. The lowest BCUT2D eigenvalue weighted by molar-refractivity contribution is -0.0819. The zero-order chi connectivity index (χ0) is 12.1. The molecule has 17 heavy (non-hydrogen) atoms. The second-order valence-electron chi connectivity index (χ2n) is 3.79. The minimum atomic E-state index is 0.0741. The number of aryl methyl sites for hydroxylation is 1. The van der Waals surface area contributed by atoms with Crippen LogP contribution in [0.15, 0.2) is 6.07 Å². The predicted octanol–water partition coefficient (Wildman–Crippen LogP) is 0.621. The molecule has 94 valence electrons. The van der Waals surface area contributed by atoms with Gasteiger partial charge in [-0.05, 0) is 6.92 Å². The highest BCUT2D eigenvalue weighted by Crippen LogP contribution is 2.13. The van der Waals surface area contributed by atoms with Crippen molar-refractivity contribution in [1.82, 2.24) is 9.97 Å². The Morgan fingerprint density at radius 1 is 1.47 bits per heavy atom. The van der Waals surface area contributed by atoms with Crippen molar-refractivity contribution in [1.29, 1.82) is 0 Å². The lowest BCUT2D eigenvalue weighted by atomic mass is 10.3. The van der Waals surface area contributed by atoms with E-state index < -0.39 is 0 Å². The summed E-state index contributed by atoms with van der Waals surface area (Å²) in [6.07, 6.45) is 0.0741. The summed E-state index contributed by atoms with van der Waals surface area (Å²) in [4.78, 5) is 8.39. The molecule has 1 aromatic rings. The summed E-state index contributed by atoms with van der Waals surface area (Å²) >= 11 is 0. The molecule has 0 bridgehead atoms. The average molecular weight is 239 g/mol. The number of ether oxygens (including phenoxy) is 3.